The minimum absolute atomic E-state index is 0.0294. The number of carbonyl (C=O) groups is 1. The van der Waals surface area contributed by atoms with Gasteiger partial charge in [-0.1, -0.05) is 34.1 Å². The molecule has 7 nitrogen and oxygen atoms in total. The summed E-state index contributed by atoms with van der Waals surface area (Å²) in [7, 11) is -0.847. The molecule has 0 spiro atoms. The third-order valence-electron chi connectivity index (χ3n) is 5.15. The summed E-state index contributed by atoms with van der Waals surface area (Å²) in [5.41, 5.74) is 1.08. The summed E-state index contributed by atoms with van der Waals surface area (Å²) < 4.78 is 39.1. The first-order valence-corrected chi connectivity index (χ1v) is 11.8. The molecule has 0 aliphatic carbocycles. The summed E-state index contributed by atoms with van der Waals surface area (Å²) in [6.45, 7) is 1.20. The second kappa shape index (κ2) is 9.80. The van der Waals surface area contributed by atoms with Gasteiger partial charge < -0.3 is 14.4 Å². The van der Waals surface area contributed by atoms with Crippen molar-refractivity contribution in [3.63, 3.8) is 0 Å². The maximum Gasteiger partial charge on any atom is 0.247 e. The number of benzene rings is 2. The normalized spacial score (nSPS) is 15.1. The lowest BCUT2D eigenvalue weighted by Gasteiger charge is -2.34. The van der Waals surface area contributed by atoms with Crippen LogP contribution in [0.5, 0.6) is 11.5 Å². The number of methoxy groups -OCH3 is 2. The summed E-state index contributed by atoms with van der Waals surface area (Å²) in [4.78, 5) is 14.4. The van der Waals surface area contributed by atoms with Gasteiger partial charge in [-0.2, -0.15) is 4.31 Å². The zero-order valence-corrected chi connectivity index (χ0v) is 19.4. The van der Waals surface area contributed by atoms with Crippen molar-refractivity contribution < 1.29 is 22.7 Å². The van der Waals surface area contributed by atoms with Crippen LogP contribution in [0.1, 0.15) is 12.0 Å². The van der Waals surface area contributed by atoms with Gasteiger partial charge in [0.25, 0.3) is 0 Å². The SMILES string of the molecule is COc1ccc(OC)c(S(=O)(=O)N2CCN(C(=O)CCc3ccccc3Br)CC2)c1. The van der Waals surface area contributed by atoms with E-state index in [0.29, 0.717) is 31.7 Å². The minimum atomic E-state index is -3.76. The molecule has 1 fully saturated rings. The lowest BCUT2D eigenvalue weighted by molar-refractivity contribution is -0.132. The van der Waals surface area contributed by atoms with E-state index in [1.165, 1.54) is 24.6 Å². The highest BCUT2D eigenvalue weighted by atomic mass is 79.9. The molecule has 30 heavy (non-hydrogen) atoms. The van der Waals surface area contributed by atoms with Crippen LogP contribution in [-0.4, -0.2) is 63.9 Å². The van der Waals surface area contributed by atoms with Crippen molar-refractivity contribution in [3.8, 4) is 11.5 Å². The Kier molecular flexibility index (Phi) is 7.38. The van der Waals surface area contributed by atoms with E-state index in [4.69, 9.17) is 9.47 Å². The fourth-order valence-corrected chi connectivity index (χ4v) is 5.48. The average Bonchev–Trinajstić information content (AvgIpc) is 2.78. The third kappa shape index (κ3) is 4.96. The van der Waals surface area contributed by atoms with Crippen LogP contribution in [0.3, 0.4) is 0 Å². The molecule has 0 unspecified atom stereocenters. The first kappa shape index (κ1) is 22.6. The monoisotopic (exact) mass is 496 g/mol. The van der Waals surface area contributed by atoms with Crippen molar-refractivity contribution in [2.75, 3.05) is 40.4 Å². The van der Waals surface area contributed by atoms with E-state index in [1.54, 1.807) is 17.0 Å². The van der Waals surface area contributed by atoms with E-state index in [1.807, 2.05) is 24.3 Å². The highest BCUT2D eigenvalue weighted by Gasteiger charge is 2.32. The maximum absolute atomic E-state index is 13.1. The Morgan fingerprint density at radius 1 is 1.03 bits per heavy atom. The molecule has 1 saturated heterocycles. The molecule has 2 aromatic carbocycles. The fraction of sp³-hybridized carbons (Fsp3) is 0.381. The van der Waals surface area contributed by atoms with Crippen molar-refractivity contribution in [1.29, 1.82) is 0 Å². The van der Waals surface area contributed by atoms with Crippen molar-refractivity contribution in [2.45, 2.75) is 17.7 Å². The number of nitrogens with zero attached hydrogens (tertiary/aromatic N) is 2. The van der Waals surface area contributed by atoms with Gasteiger partial charge in [0.15, 0.2) is 0 Å². The van der Waals surface area contributed by atoms with Crippen molar-refractivity contribution in [3.05, 3.63) is 52.5 Å². The van der Waals surface area contributed by atoms with Crippen molar-refractivity contribution in [1.82, 2.24) is 9.21 Å². The summed E-state index contributed by atoms with van der Waals surface area (Å²) in [6.07, 6.45) is 1.03. The molecule has 1 amide bonds. The molecular weight excluding hydrogens is 472 g/mol. The molecule has 0 saturated carbocycles. The first-order valence-electron chi connectivity index (χ1n) is 9.60. The smallest absolute Gasteiger partial charge is 0.247 e. The van der Waals surface area contributed by atoms with Crippen LogP contribution in [0.4, 0.5) is 0 Å². The Hall–Kier alpha value is -2.10. The van der Waals surface area contributed by atoms with Crippen LogP contribution >= 0.6 is 15.9 Å². The second-order valence-electron chi connectivity index (χ2n) is 6.89. The van der Waals surface area contributed by atoms with Gasteiger partial charge in [-0.05, 0) is 30.2 Å². The van der Waals surface area contributed by atoms with Crippen LogP contribution < -0.4 is 9.47 Å². The molecule has 0 atom stereocenters. The molecular formula is C21H25BrN2O5S. The van der Waals surface area contributed by atoms with Crippen LogP contribution in [0, 0.1) is 0 Å². The first-order chi connectivity index (χ1) is 14.4. The van der Waals surface area contributed by atoms with E-state index in [-0.39, 0.29) is 29.6 Å². The topological polar surface area (TPSA) is 76.2 Å². The molecule has 1 aliphatic heterocycles. The molecule has 0 radical (unpaired) electrons. The van der Waals surface area contributed by atoms with Crippen molar-refractivity contribution in [2.24, 2.45) is 0 Å². The zero-order valence-electron chi connectivity index (χ0n) is 17.0. The largest absolute Gasteiger partial charge is 0.497 e. The van der Waals surface area contributed by atoms with Gasteiger partial charge in [0.2, 0.25) is 15.9 Å². The average molecular weight is 497 g/mol. The molecule has 3 rings (SSSR count). The van der Waals surface area contributed by atoms with E-state index in [0.717, 1.165) is 10.0 Å². The summed E-state index contributed by atoms with van der Waals surface area (Å²) >= 11 is 3.50. The van der Waals surface area contributed by atoms with Crippen LogP contribution in [-0.2, 0) is 21.2 Å². The van der Waals surface area contributed by atoms with E-state index < -0.39 is 10.0 Å². The van der Waals surface area contributed by atoms with E-state index in [9.17, 15) is 13.2 Å². The van der Waals surface area contributed by atoms with Crippen LogP contribution in [0.2, 0.25) is 0 Å². The number of carbonyl (C=O) groups excluding carboxylic acids is 1. The van der Waals surface area contributed by atoms with Gasteiger partial charge in [-0.3, -0.25) is 4.79 Å². The third-order valence-corrected chi connectivity index (χ3v) is 7.84. The van der Waals surface area contributed by atoms with Gasteiger partial charge in [-0.25, -0.2) is 8.42 Å². The molecule has 1 heterocycles. The van der Waals surface area contributed by atoms with Crippen LogP contribution in [0.25, 0.3) is 0 Å². The molecule has 9 heteroatoms. The predicted molar refractivity (Wildman–Crippen MR) is 117 cm³/mol. The number of piperazine rings is 1. The number of sulfonamides is 1. The fourth-order valence-electron chi connectivity index (χ4n) is 3.40. The summed E-state index contributed by atoms with van der Waals surface area (Å²) in [6, 6.07) is 12.5. The highest BCUT2D eigenvalue weighted by molar-refractivity contribution is 9.10. The Balaban J connectivity index is 1.63. The highest BCUT2D eigenvalue weighted by Crippen LogP contribution is 2.31. The van der Waals surface area contributed by atoms with Gasteiger partial charge in [-0.15, -0.1) is 0 Å². The second-order valence-corrected chi connectivity index (χ2v) is 9.65. The van der Waals surface area contributed by atoms with Gasteiger partial charge in [0.1, 0.15) is 16.4 Å². The minimum Gasteiger partial charge on any atom is -0.497 e. The van der Waals surface area contributed by atoms with Crippen LogP contribution in [0.15, 0.2) is 51.8 Å². The lowest BCUT2D eigenvalue weighted by atomic mass is 10.1. The Morgan fingerprint density at radius 3 is 2.37 bits per heavy atom. The van der Waals surface area contributed by atoms with Gasteiger partial charge >= 0.3 is 0 Å². The number of aryl methyl sites for hydroxylation is 1. The van der Waals surface area contributed by atoms with Gasteiger partial charge in [0, 0.05) is 43.1 Å². The van der Waals surface area contributed by atoms with E-state index >= 15 is 0 Å². The lowest BCUT2D eigenvalue weighted by Crippen LogP contribution is -2.50. The number of halogens is 1. The molecule has 0 aromatic heterocycles. The molecule has 0 N–H and O–H groups in total. The number of hydrogen-bond acceptors (Lipinski definition) is 5. The quantitative estimate of drug-likeness (QED) is 0.588. The molecule has 1 aliphatic rings. The van der Waals surface area contributed by atoms with Gasteiger partial charge in [0.05, 0.1) is 14.2 Å². The number of hydrogen-bond donors (Lipinski definition) is 0. The number of amides is 1. The summed E-state index contributed by atoms with van der Waals surface area (Å²) in [5, 5.41) is 0. The number of rotatable bonds is 7. The number of ether oxygens (including phenoxy) is 2. The summed E-state index contributed by atoms with van der Waals surface area (Å²) in [5.74, 6) is 0.736. The zero-order chi connectivity index (χ0) is 21.7. The predicted octanol–water partition coefficient (Wildman–Crippen LogP) is 2.93. The molecule has 2 aromatic rings. The Morgan fingerprint density at radius 2 is 1.73 bits per heavy atom. The van der Waals surface area contributed by atoms with E-state index in [2.05, 4.69) is 15.9 Å². The Labute approximate surface area is 185 Å². The molecule has 162 valence electrons. The van der Waals surface area contributed by atoms with Crippen molar-refractivity contribution >= 4 is 31.9 Å². The Bertz CT molecular complexity index is 1000. The molecule has 0 bridgehead atoms. The standard InChI is InChI=1S/C21H25BrN2O5S/c1-28-17-8-9-19(29-2)20(15-17)30(26,27)24-13-11-23(12-14-24)21(25)10-7-16-5-3-4-6-18(16)22/h3-6,8-9,15H,7,10-14H2,1-2H3. The maximum atomic E-state index is 13.1.